The van der Waals surface area contributed by atoms with Crippen LogP contribution >= 0.6 is 12.6 Å². The van der Waals surface area contributed by atoms with E-state index in [1.165, 1.54) is 36.8 Å². The van der Waals surface area contributed by atoms with Gasteiger partial charge in [-0.1, -0.05) is 18.6 Å². The molecule has 0 saturated carbocycles. The first-order valence-corrected chi connectivity index (χ1v) is 27.2. The monoisotopic (exact) mass is 1240 g/mol. The van der Waals surface area contributed by atoms with Crippen molar-refractivity contribution in [3.8, 4) is 5.75 Å². The number of thiol groups is 1. The fraction of sp³-hybridized carbons (Fsp3) is 0.531. The number of guanidine groups is 1. The van der Waals surface area contributed by atoms with Crippen LogP contribution in [-0.2, 0) is 75.2 Å². The fourth-order valence-electron chi connectivity index (χ4n) is 7.72. The third-order valence-corrected chi connectivity index (χ3v) is 12.7. The number of imidazole rings is 1. The quantitative estimate of drug-likeness (QED) is 0.0127. The van der Waals surface area contributed by atoms with Gasteiger partial charge in [-0.05, 0) is 56.3 Å². The van der Waals surface area contributed by atoms with Crippen molar-refractivity contribution in [3.63, 3.8) is 0 Å². The Hall–Kier alpha value is -9.20. The molecule has 476 valence electrons. The third kappa shape index (κ3) is 27.0. The number of aliphatic hydroxyl groups excluding tert-OH is 2. The maximum absolute atomic E-state index is 14.5. The molecule has 0 fully saturated rings. The number of aliphatic hydroxyl groups is 2. The molecule has 2 rings (SSSR count). The summed E-state index contributed by atoms with van der Waals surface area (Å²) >= 11 is 4.17. The molecule has 0 aliphatic carbocycles. The second-order valence-corrected chi connectivity index (χ2v) is 19.6. The van der Waals surface area contributed by atoms with Crippen LogP contribution in [0.1, 0.15) is 69.0 Å². The number of hydrogen-bond acceptors (Lipinski definition) is 21. The molecule has 28 N–H and O–H groups in total. The van der Waals surface area contributed by atoms with E-state index in [0.717, 1.165) is 0 Å². The van der Waals surface area contributed by atoms with Crippen LogP contribution in [-0.4, -0.2) is 206 Å². The maximum Gasteiger partial charge on any atom is 0.326 e. The zero-order valence-electron chi connectivity index (χ0n) is 46.5. The second-order valence-electron chi connectivity index (χ2n) is 19.3. The summed E-state index contributed by atoms with van der Waals surface area (Å²) in [4.78, 5) is 181. The number of nitrogens with zero attached hydrogens (tertiary/aromatic N) is 2. The fourth-order valence-corrected chi connectivity index (χ4v) is 7.98. The minimum Gasteiger partial charge on any atom is -0.508 e. The number of phenols is 1. The van der Waals surface area contributed by atoms with Gasteiger partial charge in [-0.2, -0.15) is 12.6 Å². The maximum atomic E-state index is 14.5. The average molecular weight is 1240 g/mol. The predicted molar refractivity (Wildman–Crippen MR) is 304 cm³/mol. The number of nitrogens with two attached hydrogens (primary N) is 7. The number of aliphatic carboxylic acids is 1. The molecular formula is C49H77N19O17S. The summed E-state index contributed by atoms with van der Waals surface area (Å²) in [5, 5.41) is 60.6. The molecule has 1 heterocycles. The van der Waals surface area contributed by atoms with Crippen LogP contribution in [0.3, 0.4) is 0 Å². The van der Waals surface area contributed by atoms with Crippen molar-refractivity contribution >= 4 is 95.4 Å². The van der Waals surface area contributed by atoms with Crippen molar-refractivity contribution in [2.45, 2.75) is 131 Å². The van der Waals surface area contributed by atoms with Crippen molar-refractivity contribution in [2.75, 3.05) is 32.1 Å². The lowest BCUT2D eigenvalue weighted by Crippen LogP contribution is -2.62. The summed E-state index contributed by atoms with van der Waals surface area (Å²) < 4.78 is 0. The van der Waals surface area contributed by atoms with Crippen LogP contribution in [0.4, 0.5) is 0 Å². The average Bonchev–Trinajstić information content (AvgIpc) is 3.35. The SMILES string of the molecule is NCCCC[C@H](N)C(=O)N[C@@H](CC(N)=O)C(=O)N[C@@H](CO)C(=O)N[C@@H](CS)C(=O)N[C@@H](Cc1cnc[nH]1)C(=O)N[C@@H](CCCN=C(N)N)C(=O)N[C@@H](Cc1ccc(O)cc1)C(=O)N[C@@H](CO)C(=O)N[C@@H](CC(N)=O)C(=O)N[C@@H](CCC(N)=O)C(=O)O. The van der Waals surface area contributed by atoms with Gasteiger partial charge in [0.15, 0.2) is 5.96 Å². The van der Waals surface area contributed by atoms with E-state index >= 15 is 0 Å². The number of nitrogens with one attached hydrogen (secondary N) is 10. The number of carboxylic acids is 1. The van der Waals surface area contributed by atoms with Crippen LogP contribution in [0.25, 0.3) is 0 Å². The Bertz CT molecular complexity index is 2680. The van der Waals surface area contributed by atoms with Crippen LogP contribution < -0.4 is 88.0 Å². The Kier molecular flexibility index (Phi) is 32.1. The molecule has 0 aliphatic heterocycles. The predicted octanol–water partition coefficient (Wildman–Crippen LogP) is -10.2. The Balaban J connectivity index is 2.48. The highest BCUT2D eigenvalue weighted by atomic mass is 32.1. The molecule has 37 heteroatoms. The van der Waals surface area contributed by atoms with Gasteiger partial charge in [0.05, 0.1) is 38.4 Å². The smallest absolute Gasteiger partial charge is 0.326 e. The lowest BCUT2D eigenvalue weighted by atomic mass is 10.0. The lowest BCUT2D eigenvalue weighted by Gasteiger charge is -2.27. The first kappa shape index (κ1) is 72.9. The molecule has 2 aromatic rings. The molecule has 1 aromatic carbocycles. The number of H-pyrrole nitrogens is 1. The van der Waals surface area contributed by atoms with E-state index in [2.05, 4.69) is 70.1 Å². The van der Waals surface area contributed by atoms with Crippen molar-refractivity contribution in [2.24, 2.45) is 45.1 Å². The Morgan fingerprint density at radius 1 is 0.535 bits per heavy atom. The number of aromatic amines is 1. The first-order valence-electron chi connectivity index (χ1n) is 26.5. The number of aromatic hydroxyl groups is 1. The minimum atomic E-state index is -1.96. The normalized spacial score (nSPS) is 14.4. The first-order chi connectivity index (χ1) is 40.6. The molecule has 0 bridgehead atoms. The molecule has 0 aliphatic rings. The van der Waals surface area contributed by atoms with Crippen molar-refractivity contribution in [3.05, 3.63) is 48.0 Å². The third-order valence-electron chi connectivity index (χ3n) is 12.3. The van der Waals surface area contributed by atoms with E-state index in [0.29, 0.717) is 19.4 Å². The van der Waals surface area contributed by atoms with E-state index in [1.54, 1.807) is 0 Å². The molecule has 0 saturated heterocycles. The van der Waals surface area contributed by atoms with Gasteiger partial charge in [0.25, 0.3) is 0 Å². The Morgan fingerprint density at radius 3 is 1.44 bits per heavy atom. The Morgan fingerprint density at radius 2 is 0.977 bits per heavy atom. The largest absolute Gasteiger partial charge is 0.508 e. The van der Waals surface area contributed by atoms with Crippen LogP contribution in [0.5, 0.6) is 5.75 Å². The highest BCUT2D eigenvalue weighted by Crippen LogP contribution is 2.13. The summed E-state index contributed by atoms with van der Waals surface area (Å²) in [6.07, 6.45) is 0.0231. The number of rotatable bonds is 41. The van der Waals surface area contributed by atoms with Gasteiger partial charge in [0.2, 0.25) is 70.9 Å². The summed E-state index contributed by atoms with van der Waals surface area (Å²) in [7, 11) is 0. The summed E-state index contributed by atoms with van der Waals surface area (Å²) in [5.41, 5.74) is 38.6. The number of benzene rings is 1. The lowest BCUT2D eigenvalue weighted by molar-refractivity contribution is -0.143. The summed E-state index contributed by atoms with van der Waals surface area (Å²) in [6.45, 7) is -2.04. The molecule has 10 atom stereocenters. The molecular weight excluding hydrogens is 1160 g/mol. The van der Waals surface area contributed by atoms with E-state index in [-0.39, 0.29) is 55.2 Å². The van der Waals surface area contributed by atoms with Gasteiger partial charge < -0.3 is 113 Å². The van der Waals surface area contributed by atoms with Gasteiger partial charge in [-0.15, -0.1) is 0 Å². The van der Waals surface area contributed by atoms with E-state index in [1.807, 2.05) is 5.32 Å². The van der Waals surface area contributed by atoms with Crippen molar-refractivity contribution in [1.82, 2.24) is 57.8 Å². The number of aliphatic imine (C=N–C) groups is 1. The number of hydrogen-bond donors (Lipinski definition) is 22. The van der Waals surface area contributed by atoms with Crippen LogP contribution in [0.2, 0.25) is 0 Å². The topological polar surface area (TPSA) is 634 Å². The second kappa shape index (κ2) is 37.9. The minimum absolute atomic E-state index is 0.0252. The van der Waals surface area contributed by atoms with Gasteiger partial charge >= 0.3 is 5.97 Å². The number of carbonyl (C=O) groups is 13. The highest BCUT2D eigenvalue weighted by molar-refractivity contribution is 7.80. The van der Waals surface area contributed by atoms with Crippen LogP contribution in [0, 0.1) is 0 Å². The zero-order chi connectivity index (χ0) is 64.6. The number of phenolic OH excluding ortho intramolecular Hbond substituents is 1. The van der Waals surface area contributed by atoms with Gasteiger partial charge in [-0.25, -0.2) is 9.78 Å². The number of carbonyl (C=O) groups excluding carboxylic acids is 12. The number of amides is 12. The molecule has 0 unspecified atom stereocenters. The van der Waals surface area contributed by atoms with E-state index < -0.39 is 188 Å². The number of primary amides is 3. The summed E-state index contributed by atoms with van der Waals surface area (Å²) in [6, 6.07) is -11.6. The van der Waals surface area contributed by atoms with Crippen molar-refractivity contribution in [1.29, 1.82) is 0 Å². The Labute approximate surface area is 496 Å². The summed E-state index contributed by atoms with van der Waals surface area (Å²) in [5.74, 6) is -15.8. The zero-order valence-corrected chi connectivity index (χ0v) is 47.4. The standard InChI is InChI=1S/C49H77N19O17S/c50-12-2-1-4-26(51)39(75)62-31(16-37(53)73)44(80)67-34(20-70)46(82)68-35(21-86)47(83)64-30(15-24-18-57-22-59-24)42(78)60-27(5-3-13-58-49(55)56)40(76)63-29(14-23-6-8-25(71)9-7-23)41(77)66-33(19-69)45(81)65-32(17-38(54)74)43(79)61-28(48(84)85)10-11-36(52)72/h6-9,18,22,26-35,69-71,86H,1-5,10-17,19-21,50-51H2,(H2,52,72)(H2,53,73)(H2,54,74)(H,57,59)(H,60,78)(H,61,79)(H,62,75)(H,63,76)(H,64,83)(H,65,81)(H,66,77)(H,67,80)(H,68,82)(H,84,85)(H4,55,56,58)/t26-,27-,28-,29-,30-,31-,32-,33-,34-,35-/m0/s1. The molecule has 0 radical (unpaired) electrons. The molecule has 0 spiro atoms. The highest BCUT2D eigenvalue weighted by Gasteiger charge is 2.36. The number of carboxylic acid groups (broad SMARTS) is 1. The number of aromatic nitrogens is 2. The van der Waals surface area contributed by atoms with Gasteiger partial charge in [0.1, 0.15) is 60.1 Å². The van der Waals surface area contributed by atoms with E-state index in [9.17, 15) is 82.8 Å². The van der Waals surface area contributed by atoms with Gasteiger partial charge in [-0.3, -0.25) is 62.5 Å². The molecule has 1 aromatic heterocycles. The molecule has 36 nitrogen and oxygen atoms in total. The van der Waals surface area contributed by atoms with Crippen LogP contribution in [0.15, 0.2) is 41.8 Å². The molecule has 12 amide bonds. The molecule has 86 heavy (non-hydrogen) atoms. The number of unbranched alkanes of at least 4 members (excludes halogenated alkanes) is 1. The van der Waals surface area contributed by atoms with Crippen molar-refractivity contribution < 1.29 is 82.8 Å². The van der Waals surface area contributed by atoms with E-state index in [4.69, 9.17) is 40.1 Å². The van der Waals surface area contributed by atoms with Gasteiger partial charge in [0, 0.05) is 43.5 Å².